The second kappa shape index (κ2) is 8.75. The normalized spacial score (nSPS) is 27.8. The summed E-state index contributed by atoms with van der Waals surface area (Å²) in [7, 11) is 2.20. The first-order chi connectivity index (χ1) is 14.0. The van der Waals surface area contributed by atoms with Gasteiger partial charge in [-0.15, -0.1) is 0 Å². The van der Waals surface area contributed by atoms with Gasteiger partial charge in [-0.2, -0.15) is 0 Å². The number of hydrogen-bond acceptors (Lipinski definition) is 4. The van der Waals surface area contributed by atoms with E-state index in [0.29, 0.717) is 17.9 Å². The minimum Gasteiger partial charge on any atom is -0.396 e. The topological polar surface area (TPSA) is 47.0 Å². The van der Waals surface area contributed by atoms with Gasteiger partial charge in [0.1, 0.15) is 0 Å². The molecule has 0 bridgehead atoms. The highest BCUT2D eigenvalue weighted by Crippen LogP contribution is 2.50. The summed E-state index contributed by atoms with van der Waals surface area (Å²) in [6.45, 7) is 8.57. The van der Waals surface area contributed by atoms with Gasteiger partial charge in [-0.25, -0.2) is 0 Å². The van der Waals surface area contributed by atoms with Crippen LogP contribution < -0.4 is 0 Å². The van der Waals surface area contributed by atoms with E-state index in [9.17, 15) is 9.90 Å². The van der Waals surface area contributed by atoms with Crippen LogP contribution in [-0.4, -0.2) is 84.7 Å². The van der Waals surface area contributed by atoms with Crippen LogP contribution in [0.25, 0.3) is 0 Å². The van der Waals surface area contributed by atoms with Gasteiger partial charge in [0.15, 0.2) is 0 Å². The largest absolute Gasteiger partial charge is 0.396 e. The highest BCUT2D eigenvalue weighted by atomic mass is 16.3. The van der Waals surface area contributed by atoms with E-state index in [1.807, 2.05) is 0 Å². The smallest absolute Gasteiger partial charge is 0.233 e. The molecule has 1 aromatic carbocycles. The van der Waals surface area contributed by atoms with E-state index in [1.165, 1.54) is 11.1 Å². The van der Waals surface area contributed by atoms with Gasteiger partial charge >= 0.3 is 0 Å². The number of aliphatic hydroxyl groups is 1. The van der Waals surface area contributed by atoms with E-state index in [2.05, 4.69) is 52.9 Å². The highest BCUT2D eigenvalue weighted by molar-refractivity contribution is 5.91. The number of benzene rings is 1. The standard InChI is InChI=1S/C24H37N3O2/c1-19-5-7-21(8-6-19)24(10-11-24)23(29)27-12-9-22(20(18-27)4-3-17-28)26-15-13-25(2)14-16-26/h5-8,20,22,28H,3-4,9-18H2,1-2H3/t20-,22+/m0/s1. The van der Waals surface area contributed by atoms with Crippen LogP contribution in [0, 0.1) is 12.8 Å². The lowest BCUT2D eigenvalue weighted by atomic mass is 9.85. The van der Waals surface area contributed by atoms with Crippen molar-refractivity contribution < 1.29 is 9.90 Å². The number of piperidine rings is 1. The summed E-state index contributed by atoms with van der Waals surface area (Å²) >= 11 is 0. The lowest BCUT2D eigenvalue weighted by molar-refractivity contribution is -0.137. The predicted octanol–water partition coefficient (Wildman–Crippen LogP) is 2.26. The summed E-state index contributed by atoms with van der Waals surface area (Å²) in [6.07, 6.45) is 4.87. The SMILES string of the molecule is Cc1ccc(C2(C(=O)N3CC[C@@H](N4CCN(C)CC4)[C@@H](CCCO)C3)CC2)cc1. The third-order valence-electron chi connectivity index (χ3n) is 7.48. The molecule has 0 aromatic heterocycles. The average Bonchev–Trinajstić information content (AvgIpc) is 3.55. The predicted molar refractivity (Wildman–Crippen MR) is 116 cm³/mol. The first kappa shape index (κ1) is 20.8. The van der Waals surface area contributed by atoms with Crippen LogP contribution in [0.15, 0.2) is 24.3 Å². The number of aryl methyl sites for hydroxylation is 1. The van der Waals surface area contributed by atoms with Crippen molar-refractivity contribution in [3.8, 4) is 0 Å². The molecular formula is C24H37N3O2. The lowest BCUT2D eigenvalue weighted by Gasteiger charge is -2.47. The highest BCUT2D eigenvalue weighted by Gasteiger charge is 2.53. The fourth-order valence-electron chi connectivity index (χ4n) is 5.40. The Hall–Kier alpha value is -1.43. The number of piperazine rings is 1. The third kappa shape index (κ3) is 4.37. The van der Waals surface area contributed by atoms with Crippen molar-refractivity contribution in [3.63, 3.8) is 0 Å². The molecule has 2 atom stereocenters. The summed E-state index contributed by atoms with van der Waals surface area (Å²) < 4.78 is 0. The number of hydrogen-bond donors (Lipinski definition) is 1. The Morgan fingerprint density at radius 1 is 1.10 bits per heavy atom. The number of likely N-dealkylation sites (tertiary alicyclic amines) is 1. The number of likely N-dealkylation sites (N-methyl/N-ethyl adjacent to an activating group) is 1. The van der Waals surface area contributed by atoms with E-state index in [0.717, 1.165) is 71.4 Å². The second-order valence-corrected chi connectivity index (χ2v) is 9.52. The van der Waals surface area contributed by atoms with Gasteiger partial charge in [0.25, 0.3) is 0 Å². The number of carbonyl (C=O) groups is 1. The molecule has 0 spiro atoms. The van der Waals surface area contributed by atoms with Gasteiger partial charge in [0.05, 0.1) is 5.41 Å². The first-order valence-corrected chi connectivity index (χ1v) is 11.4. The van der Waals surface area contributed by atoms with Crippen molar-refractivity contribution in [2.45, 2.75) is 50.5 Å². The van der Waals surface area contributed by atoms with Crippen LogP contribution in [-0.2, 0) is 10.2 Å². The van der Waals surface area contributed by atoms with E-state index in [4.69, 9.17) is 0 Å². The summed E-state index contributed by atoms with van der Waals surface area (Å²) in [5, 5.41) is 9.41. The molecule has 1 aliphatic carbocycles. The third-order valence-corrected chi connectivity index (χ3v) is 7.48. The Balaban J connectivity index is 1.45. The van der Waals surface area contributed by atoms with Gasteiger partial charge in [-0.05, 0) is 57.6 Å². The average molecular weight is 400 g/mol. The van der Waals surface area contributed by atoms with Crippen molar-refractivity contribution in [3.05, 3.63) is 35.4 Å². The number of carbonyl (C=O) groups excluding carboxylic acids is 1. The molecule has 160 valence electrons. The minimum absolute atomic E-state index is 0.243. The molecule has 0 radical (unpaired) electrons. The molecule has 0 unspecified atom stereocenters. The zero-order valence-electron chi connectivity index (χ0n) is 18.1. The summed E-state index contributed by atoms with van der Waals surface area (Å²) in [4.78, 5) is 20.8. The second-order valence-electron chi connectivity index (χ2n) is 9.52. The van der Waals surface area contributed by atoms with Gasteiger partial charge in [0, 0.05) is 51.9 Å². The van der Waals surface area contributed by atoms with Crippen LogP contribution >= 0.6 is 0 Å². The van der Waals surface area contributed by atoms with E-state index < -0.39 is 0 Å². The van der Waals surface area contributed by atoms with Gasteiger partial charge in [0.2, 0.25) is 5.91 Å². The zero-order valence-corrected chi connectivity index (χ0v) is 18.1. The minimum atomic E-state index is -0.268. The number of rotatable bonds is 6. The van der Waals surface area contributed by atoms with Gasteiger partial charge in [-0.3, -0.25) is 9.69 Å². The van der Waals surface area contributed by atoms with Crippen molar-refractivity contribution in [1.29, 1.82) is 0 Å². The maximum absolute atomic E-state index is 13.6. The Labute approximate surface area is 175 Å². The van der Waals surface area contributed by atoms with E-state index in [1.54, 1.807) is 0 Å². The monoisotopic (exact) mass is 399 g/mol. The molecule has 5 heteroatoms. The van der Waals surface area contributed by atoms with Crippen molar-refractivity contribution in [1.82, 2.24) is 14.7 Å². The molecule has 3 fully saturated rings. The van der Waals surface area contributed by atoms with Crippen LogP contribution in [0.3, 0.4) is 0 Å². The molecule has 2 heterocycles. The zero-order chi connectivity index (χ0) is 20.4. The number of amides is 1. The quantitative estimate of drug-likeness (QED) is 0.797. The molecule has 1 amide bonds. The first-order valence-electron chi connectivity index (χ1n) is 11.4. The molecule has 3 aliphatic rings. The molecular weight excluding hydrogens is 362 g/mol. The van der Waals surface area contributed by atoms with Crippen molar-refractivity contribution >= 4 is 5.91 Å². The van der Waals surface area contributed by atoms with Crippen molar-refractivity contribution in [2.75, 3.05) is 52.9 Å². The van der Waals surface area contributed by atoms with Gasteiger partial charge in [-0.1, -0.05) is 29.8 Å². The molecule has 1 aromatic rings. The molecule has 4 rings (SSSR count). The number of nitrogens with zero attached hydrogens (tertiary/aromatic N) is 3. The summed E-state index contributed by atoms with van der Waals surface area (Å²) in [6, 6.07) is 9.12. The van der Waals surface area contributed by atoms with Crippen molar-refractivity contribution in [2.24, 2.45) is 5.92 Å². The Kier molecular flexibility index (Phi) is 6.28. The Morgan fingerprint density at radius 3 is 2.41 bits per heavy atom. The lowest BCUT2D eigenvalue weighted by Crippen LogP contribution is -2.57. The summed E-state index contributed by atoms with van der Waals surface area (Å²) in [5.41, 5.74) is 2.17. The fourth-order valence-corrected chi connectivity index (χ4v) is 5.40. The molecule has 2 aliphatic heterocycles. The molecule has 29 heavy (non-hydrogen) atoms. The molecule has 1 saturated carbocycles. The van der Waals surface area contributed by atoms with Crippen LogP contribution in [0.5, 0.6) is 0 Å². The van der Waals surface area contributed by atoms with Gasteiger partial charge < -0.3 is 14.9 Å². The van der Waals surface area contributed by atoms with E-state index >= 15 is 0 Å². The van der Waals surface area contributed by atoms with Crippen LogP contribution in [0.1, 0.15) is 43.2 Å². The number of aliphatic hydroxyl groups excluding tert-OH is 1. The molecule has 1 N–H and O–H groups in total. The maximum atomic E-state index is 13.6. The molecule has 2 saturated heterocycles. The Bertz CT molecular complexity index is 693. The molecule has 5 nitrogen and oxygen atoms in total. The fraction of sp³-hybridized carbons (Fsp3) is 0.708. The maximum Gasteiger partial charge on any atom is 0.233 e. The summed E-state index contributed by atoms with van der Waals surface area (Å²) in [5.74, 6) is 0.809. The van der Waals surface area contributed by atoms with Crippen LogP contribution in [0.4, 0.5) is 0 Å². The van der Waals surface area contributed by atoms with Crippen LogP contribution in [0.2, 0.25) is 0 Å². The van der Waals surface area contributed by atoms with E-state index in [-0.39, 0.29) is 12.0 Å². The Morgan fingerprint density at radius 2 is 1.79 bits per heavy atom.